The first-order chi connectivity index (χ1) is 4.33. The van der Waals surface area contributed by atoms with E-state index in [0.717, 1.165) is 24.4 Å². The maximum Gasteiger partial charge on any atom is 0.0993 e. The van der Waals surface area contributed by atoms with E-state index in [1.165, 1.54) is 0 Å². The van der Waals surface area contributed by atoms with E-state index < -0.39 is 0 Å². The summed E-state index contributed by atoms with van der Waals surface area (Å²) in [6.07, 6.45) is 3.65. The van der Waals surface area contributed by atoms with Crippen molar-refractivity contribution >= 4 is 5.84 Å². The van der Waals surface area contributed by atoms with Crippen molar-refractivity contribution in [2.75, 3.05) is 7.05 Å². The van der Waals surface area contributed by atoms with Crippen molar-refractivity contribution in [3.05, 3.63) is 11.9 Å². The highest BCUT2D eigenvalue weighted by atomic mass is 14.9. The molecule has 0 saturated carbocycles. The van der Waals surface area contributed by atoms with Crippen LogP contribution in [-0.2, 0) is 0 Å². The molecule has 0 amide bonds. The van der Waals surface area contributed by atoms with E-state index in [1.54, 1.807) is 6.20 Å². The lowest BCUT2D eigenvalue weighted by molar-refractivity contribution is 0.842. The third-order valence-corrected chi connectivity index (χ3v) is 1.36. The maximum atomic E-state index is 5.43. The van der Waals surface area contributed by atoms with Crippen LogP contribution in [0.25, 0.3) is 0 Å². The highest BCUT2D eigenvalue weighted by molar-refractivity contribution is 5.81. The molecular weight excluding hydrogens is 114 g/mol. The van der Waals surface area contributed by atoms with Gasteiger partial charge in [-0.25, -0.2) is 4.99 Å². The van der Waals surface area contributed by atoms with Crippen LogP contribution in [0.3, 0.4) is 0 Å². The Bertz CT molecular complexity index is 158. The Balaban J connectivity index is 2.59. The summed E-state index contributed by atoms with van der Waals surface area (Å²) in [6.45, 7) is 0. The molecule has 3 nitrogen and oxygen atoms in total. The van der Waals surface area contributed by atoms with Crippen molar-refractivity contribution in [1.82, 2.24) is 5.32 Å². The lowest BCUT2D eigenvalue weighted by Gasteiger charge is -2.08. The van der Waals surface area contributed by atoms with Crippen LogP contribution in [0.15, 0.2) is 16.9 Å². The van der Waals surface area contributed by atoms with Crippen LogP contribution < -0.4 is 11.1 Å². The van der Waals surface area contributed by atoms with Crippen LogP contribution in [0.1, 0.15) is 12.8 Å². The molecule has 3 heteroatoms. The zero-order chi connectivity index (χ0) is 6.69. The Labute approximate surface area is 54.7 Å². The van der Waals surface area contributed by atoms with Crippen LogP contribution in [-0.4, -0.2) is 12.9 Å². The van der Waals surface area contributed by atoms with Gasteiger partial charge in [-0.1, -0.05) is 0 Å². The standard InChI is InChI=1S/C6H11N3/c1-8-5-2-3-6(7)9-4-5/h4,8H,2-3H2,1H3,(H2,7,9). The fourth-order valence-corrected chi connectivity index (χ4v) is 0.742. The SMILES string of the molecule is CNC1=CN=C(N)CC1. The number of nitrogens with two attached hydrogens (primary N) is 1. The van der Waals surface area contributed by atoms with Crippen LogP contribution in [0.2, 0.25) is 0 Å². The number of rotatable bonds is 1. The Hall–Kier alpha value is -0.990. The normalized spacial score (nSPS) is 18.3. The molecule has 1 aliphatic heterocycles. The van der Waals surface area contributed by atoms with Gasteiger partial charge in [-0.2, -0.15) is 0 Å². The molecule has 0 aromatic carbocycles. The summed E-state index contributed by atoms with van der Waals surface area (Å²) < 4.78 is 0. The van der Waals surface area contributed by atoms with Crippen molar-refractivity contribution in [2.45, 2.75) is 12.8 Å². The highest BCUT2D eigenvalue weighted by Crippen LogP contribution is 2.05. The Kier molecular flexibility index (Phi) is 1.72. The minimum atomic E-state index is 0.731. The molecule has 0 aromatic heterocycles. The van der Waals surface area contributed by atoms with E-state index in [-0.39, 0.29) is 0 Å². The molecular formula is C6H11N3. The highest BCUT2D eigenvalue weighted by Gasteiger charge is 2.01. The molecule has 3 N–H and O–H groups in total. The van der Waals surface area contributed by atoms with Crippen molar-refractivity contribution in [3.8, 4) is 0 Å². The smallest absolute Gasteiger partial charge is 0.0993 e. The quantitative estimate of drug-likeness (QED) is 0.526. The van der Waals surface area contributed by atoms with Crippen LogP contribution in [0.5, 0.6) is 0 Å². The average Bonchev–Trinajstić information content (AvgIpc) is 1.90. The molecule has 0 atom stereocenters. The molecule has 9 heavy (non-hydrogen) atoms. The molecule has 0 unspecified atom stereocenters. The fourth-order valence-electron chi connectivity index (χ4n) is 0.742. The van der Waals surface area contributed by atoms with E-state index in [4.69, 9.17) is 5.73 Å². The summed E-state index contributed by atoms with van der Waals surface area (Å²) in [6, 6.07) is 0. The lowest BCUT2D eigenvalue weighted by atomic mass is 10.2. The average molecular weight is 125 g/mol. The summed E-state index contributed by atoms with van der Waals surface area (Å²) in [5.74, 6) is 0.731. The van der Waals surface area contributed by atoms with Crippen molar-refractivity contribution in [3.63, 3.8) is 0 Å². The molecule has 0 aromatic rings. The summed E-state index contributed by atoms with van der Waals surface area (Å²) in [4.78, 5) is 3.95. The molecule has 50 valence electrons. The monoisotopic (exact) mass is 125 g/mol. The Morgan fingerprint density at radius 2 is 2.44 bits per heavy atom. The van der Waals surface area contributed by atoms with Crippen LogP contribution >= 0.6 is 0 Å². The number of amidine groups is 1. The van der Waals surface area contributed by atoms with Crippen molar-refractivity contribution < 1.29 is 0 Å². The molecule has 0 bridgehead atoms. The fraction of sp³-hybridized carbons (Fsp3) is 0.500. The summed E-state index contributed by atoms with van der Waals surface area (Å²) >= 11 is 0. The van der Waals surface area contributed by atoms with E-state index >= 15 is 0 Å². The molecule has 1 aliphatic rings. The van der Waals surface area contributed by atoms with Gasteiger partial charge in [-0.05, 0) is 6.42 Å². The zero-order valence-corrected chi connectivity index (χ0v) is 5.52. The van der Waals surface area contributed by atoms with Gasteiger partial charge in [-0.3, -0.25) is 0 Å². The number of allylic oxidation sites excluding steroid dienone is 1. The summed E-state index contributed by atoms with van der Waals surface area (Å²) in [5, 5.41) is 3.02. The Morgan fingerprint density at radius 3 is 2.89 bits per heavy atom. The predicted octanol–water partition coefficient (Wildman–Crippen LogP) is 0.198. The largest absolute Gasteiger partial charge is 0.390 e. The number of aliphatic imine (C=N–C) groups is 1. The minimum Gasteiger partial charge on any atom is -0.390 e. The first-order valence-electron chi connectivity index (χ1n) is 3.02. The summed E-state index contributed by atoms with van der Waals surface area (Å²) in [5.41, 5.74) is 6.59. The van der Waals surface area contributed by atoms with Gasteiger partial charge in [0, 0.05) is 25.4 Å². The molecule has 1 heterocycles. The van der Waals surface area contributed by atoms with Crippen LogP contribution in [0, 0.1) is 0 Å². The third kappa shape index (κ3) is 1.45. The van der Waals surface area contributed by atoms with Gasteiger partial charge in [0.05, 0.1) is 5.84 Å². The number of hydrogen-bond acceptors (Lipinski definition) is 3. The molecule has 1 rings (SSSR count). The predicted molar refractivity (Wildman–Crippen MR) is 38.0 cm³/mol. The van der Waals surface area contributed by atoms with E-state index in [2.05, 4.69) is 10.3 Å². The molecule has 0 spiro atoms. The first-order valence-corrected chi connectivity index (χ1v) is 3.02. The van der Waals surface area contributed by atoms with Gasteiger partial charge in [0.1, 0.15) is 0 Å². The van der Waals surface area contributed by atoms with E-state index in [0.29, 0.717) is 0 Å². The van der Waals surface area contributed by atoms with Crippen LogP contribution in [0.4, 0.5) is 0 Å². The van der Waals surface area contributed by atoms with E-state index in [9.17, 15) is 0 Å². The second-order valence-corrected chi connectivity index (χ2v) is 2.02. The number of nitrogens with one attached hydrogen (secondary N) is 1. The van der Waals surface area contributed by atoms with Gasteiger partial charge in [0.15, 0.2) is 0 Å². The van der Waals surface area contributed by atoms with Gasteiger partial charge in [-0.15, -0.1) is 0 Å². The molecule has 0 saturated heterocycles. The third-order valence-electron chi connectivity index (χ3n) is 1.36. The lowest BCUT2D eigenvalue weighted by Crippen LogP contribution is -2.17. The van der Waals surface area contributed by atoms with Gasteiger partial charge < -0.3 is 11.1 Å². The minimum absolute atomic E-state index is 0.731. The van der Waals surface area contributed by atoms with Gasteiger partial charge in [0.25, 0.3) is 0 Å². The second-order valence-electron chi connectivity index (χ2n) is 2.02. The van der Waals surface area contributed by atoms with Gasteiger partial charge in [0.2, 0.25) is 0 Å². The van der Waals surface area contributed by atoms with Gasteiger partial charge >= 0.3 is 0 Å². The van der Waals surface area contributed by atoms with E-state index in [1.807, 2.05) is 7.05 Å². The topological polar surface area (TPSA) is 50.4 Å². The Morgan fingerprint density at radius 1 is 1.67 bits per heavy atom. The number of hydrogen-bond donors (Lipinski definition) is 2. The zero-order valence-electron chi connectivity index (χ0n) is 5.52. The molecule has 0 fully saturated rings. The first kappa shape index (κ1) is 6.13. The van der Waals surface area contributed by atoms with Crippen molar-refractivity contribution in [2.24, 2.45) is 10.7 Å². The number of nitrogens with zero attached hydrogens (tertiary/aromatic N) is 1. The molecule has 0 radical (unpaired) electrons. The maximum absolute atomic E-state index is 5.43. The van der Waals surface area contributed by atoms with Crippen molar-refractivity contribution in [1.29, 1.82) is 0 Å². The molecule has 0 aliphatic carbocycles. The second kappa shape index (κ2) is 2.53. The summed E-state index contributed by atoms with van der Waals surface area (Å²) in [7, 11) is 1.89.